The van der Waals surface area contributed by atoms with Crippen molar-refractivity contribution in [3.63, 3.8) is 0 Å². The third-order valence-corrected chi connectivity index (χ3v) is 2.73. The Hall–Kier alpha value is -2.54. The fourth-order valence-electron chi connectivity index (χ4n) is 1.63. The zero-order valence-electron chi connectivity index (χ0n) is 10.8. The second-order valence-electron chi connectivity index (χ2n) is 4.20. The molecule has 2 aromatic carbocycles. The lowest BCUT2D eigenvalue weighted by Crippen LogP contribution is -2.20. The van der Waals surface area contributed by atoms with E-state index >= 15 is 0 Å². The average molecular weight is 295 g/mol. The highest BCUT2D eigenvalue weighted by Crippen LogP contribution is 2.20. The Morgan fingerprint density at radius 3 is 2.24 bits per heavy atom. The summed E-state index contributed by atoms with van der Waals surface area (Å²) in [5.74, 6) is -4.42. The molecule has 0 heterocycles. The van der Waals surface area contributed by atoms with Crippen molar-refractivity contribution >= 4 is 17.4 Å². The van der Waals surface area contributed by atoms with Crippen molar-refractivity contribution in [2.45, 2.75) is 6.54 Å². The molecule has 2 aromatic rings. The van der Waals surface area contributed by atoms with Gasteiger partial charge in [-0.2, -0.15) is 0 Å². The SMILES string of the molecule is NCc1ccc(NC(=O)Nc2ccc(F)c(F)c2F)cc1. The van der Waals surface area contributed by atoms with Gasteiger partial charge in [-0.1, -0.05) is 12.1 Å². The van der Waals surface area contributed by atoms with Gasteiger partial charge in [-0.15, -0.1) is 0 Å². The Balaban J connectivity index is 2.06. The molecule has 7 heteroatoms. The van der Waals surface area contributed by atoms with Crippen molar-refractivity contribution in [1.29, 1.82) is 0 Å². The number of nitrogens with two attached hydrogens (primary N) is 1. The molecule has 2 rings (SSSR count). The Kier molecular flexibility index (Phi) is 4.44. The molecule has 2 amide bonds. The standard InChI is InChI=1S/C14H12F3N3O/c15-10-5-6-11(13(17)12(10)16)20-14(21)19-9-3-1-8(7-18)2-4-9/h1-6H,7,18H2,(H2,19,20,21). The highest BCUT2D eigenvalue weighted by Gasteiger charge is 2.15. The number of hydrogen-bond donors (Lipinski definition) is 3. The molecule has 0 saturated carbocycles. The van der Waals surface area contributed by atoms with Gasteiger partial charge in [0.2, 0.25) is 0 Å². The predicted molar refractivity (Wildman–Crippen MR) is 73.3 cm³/mol. The van der Waals surface area contributed by atoms with Crippen LogP contribution in [0.1, 0.15) is 5.56 Å². The zero-order valence-corrected chi connectivity index (χ0v) is 10.8. The first-order chi connectivity index (χ1) is 10.0. The normalized spacial score (nSPS) is 10.3. The van der Waals surface area contributed by atoms with Crippen molar-refractivity contribution in [1.82, 2.24) is 0 Å². The highest BCUT2D eigenvalue weighted by molar-refractivity contribution is 5.99. The third-order valence-electron chi connectivity index (χ3n) is 2.73. The number of halogens is 3. The first kappa shape index (κ1) is 14.9. The molecule has 0 bridgehead atoms. The number of anilines is 2. The second-order valence-corrected chi connectivity index (χ2v) is 4.20. The van der Waals surface area contributed by atoms with E-state index in [9.17, 15) is 18.0 Å². The monoisotopic (exact) mass is 295 g/mol. The molecule has 0 fully saturated rings. The molecule has 0 radical (unpaired) electrons. The summed E-state index contributed by atoms with van der Waals surface area (Å²) in [6.07, 6.45) is 0. The maximum absolute atomic E-state index is 13.4. The van der Waals surface area contributed by atoms with Crippen LogP contribution in [-0.2, 0) is 6.54 Å². The fraction of sp³-hybridized carbons (Fsp3) is 0.0714. The van der Waals surface area contributed by atoms with Gasteiger partial charge in [0.15, 0.2) is 17.5 Å². The van der Waals surface area contributed by atoms with E-state index in [0.717, 1.165) is 17.7 Å². The number of carbonyl (C=O) groups is 1. The van der Waals surface area contributed by atoms with Crippen molar-refractivity contribution in [2.75, 3.05) is 10.6 Å². The van der Waals surface area contributed by atoms with E-state index < -0.39 is 29.2 Å². The Labute approximate surface area is 118 Å². The van der Waals surface area contributed by atoms with Crippen LogP contribution in [0.2, 0.25) is 0 Å². The van der Waals surface area contributed by atoms with Crippen LogP contribution in [0.5, 0.6) is 0 Å². The summed E-state index contributed by atoms with van der Waals surface area (Å²) in [7, 11) is 0. The van der Waals surface area contributed by atoms with Crippen molar-refractivity contribution in [3.05, 3.63) is 59.4 Å². The quantitative estimate of drug-likeness (QED) is 0.761. The van der Waals surface area contributed by atoms with Gasteiger partial charge in [-0.05, 0) is 29.8 Å². The number of nitrogens with one attached hydrogen (secondary N) is 2. The van der Waals surface area contributed by atoms with Crippen LogP contribution in [0.4, 0.5) is 29.3 Å². The molecule has 110 valence electrons. The topological polar surface area (TPSA) is 67.1 Å². The summed E-state index contributed by atoms with van der Waals surface area (Å²) in [6, 6.07) is 7.55. The van der Waals surface area contributed by atoms with Crippen LogP contribution >= 0.6 is 0 Å². The summed E-state index contributed by atoms with van der Waals surface area (Å²) in [5, 5.41) is 4.53. The van der Waals surface area contributed by atoms with Gasteiger partial charge in [0.05, 0.1) is 5.69 Å². The lowest BCUT2D eigenvalue weighted by Gasteiger charge is -2.09. The summed E-state index contributed by atoms with van der Waals surface area (Å²) in [5.41, 5.74) is 6.32. The Bertz CT molecular complexity index is 659. The van der Waals surface area contributed by atoms with Crippen LogP contribution in [0.25, 0.3) is 0 Å². The van der Waals surface area contributed by atoms with Gasteiger partial charge in [-0.3, -0.25) is 0 Å². The van der Waals surface area contributed by atoms with Crippen molar-refractivity contribution < 1.29 is 18.0 Å². The minimum absolute atomic E-state index is 0.368. The molecule has 0 unspecified atom stereocenters. The molecule has 0 aliphatic carbocycles. The number of amides is 2. The second kappa shape index (κ2) is 6.27. The minimum Gasteiger partial charge on any atom is -0.326 e. The van der Waals surface area contributed by atoms with Crippen molar-refractivity contribution in [2.24, 2.45) is 5.73 Å². The van der Waals surface area contributed by atoms with Crippen LogP contribution in [-0.4, -0.2) is 6.03 Å². The summed E-state index contributed by atoms with van der Waals surface area (Å²) in [6.45, 7) is 0.368. The van der Waals surface area contributed by atoms with Crippen LogP contribution < -0.4 is 16.4 Å². The van der Waals surface area contributed by atoms with E-state index in [1.807, 2.05) is 0 Å². The molecule has 0 atom stereocenters. The molecule has 0 aliphatic heterocycles. The van der Waals surface area contributed by atoms with Gasteiger partial charge in [0.25, 0.3) is 0 Å². The van der Waals surface area contributed by atoms with E-state index in [1.165, 1.54) is 0 Å². The van der Waals surface area contributed by atoms with Crippen molar-refractivity contribution in [3.8, 4) is 0 Å². The molecule has 0 aromatic heterocycles. The third kappa shape index (κ3) is 3.51. The molecule has 4 N–H and O–H groups in total. The maximum atomic E-state index is 13.4. The lowest BCUT2D eigenvalue weighted by molar-refractivity contribution is 0.262. The first-order valence-corrected chi connectivity index (χ1v) is 6.01. The minimum atomic E-state index is -1.64. The predicted octanol–water partition coefficient (Wildman–Crippen LogP) is 3.21. The molecule has 0 spiro atoms. The van der Waals surface area contributed by atoms with Gasteiger partial charge >= 0.3 is 6.03 Å². The van der Waals surface area contributed by atoms with Crippen LogP contribution in [0.3, 0.4) is 0 Å². The highest BCUT2D eigenvalue weighted by atomic mass is 19.2. The van der Waals surface area contributed by atoms with Gasteiger partial charge in [0.1, 0.15) is 0 Å². The lowest BCUT2D eigenvalue weighted by atomic mass is 10.2. The molecule has 4 nitrogen and oxygen atoms in total. The Morgan fingerprint density at radius 1 is 0.952 bits per heavy atom. The molecule has 0 saturated heterocycles. The molecule has 0 aliphatic rings. The summed E-state index contributed by atoms with van der Waals surface area (Å²) in [4.78, 5) is 11.7. The van der Waals surface area contributed by atoms with E-state index in [2.05, 4.69) is 10.6 Å². The van der Waals surface area contributed by atoms with Gasteiger partial charge < -0.3 is 16.4 Å². The molecular weight excluding hydrogens is 283 g/mol. The van der Waals surface area contributed by atoms with E-state index in [1.54, 1.807) is 24.3 Å². The number of carbonyl (C=O) groups excluding carboxylic acids is 1. The summed E-state index contributed by atoms with van der Waals surface area (Å²) >= 11 is 0. The van der Waals surface area contributed by atoms with Gasteiger partial charge in [0, 0.05) is 12.2 Å². The smallest absolute Gasteiger partial charge is 0.323 e. The first-order valence-electron chi connectivity index (χ1n) is 6.01. The maximum Gasteiger partial charge on any atom is 0.323 e. The fourth-order valence-corrected chi connectivity index (χ4v) is 1.63. The molecular formula is C14H12F3N3O. The van der Waals surface area contributed by atoms with Gasteiger partial charge in [-0.25, -0.2) is 18.0 Å². The average Bonchev–Trinajstić information content (AvgIpc) is 2.49. The Morgan fingerprint density at radius 2 is 1.62 bits per heavy atom. The largest absolute Gasteiger partial charge is 0.326 e. The number of urea groups is 1. The van der Waals surface area contributed by atoms with E-state index in [0.29, 0.717) is 12.2 Å². The van der Waals surface area contributed by atoms with E-state index in [-0.39, 0.29) is 0 Å². The summed E-state index contributed by atoms with van der Waals surface area (Å²) < 4.78 is 39.2. The number of rotatable bonds is 3. The number of benzene rings is 2. The zero-order chi connectivity index (χ0) is 15.4. The van der Waals surface area contributed by atoms with E-state index in [4.69, 9.17) is 5.73 Å². The van der Waals surface area contributed by atoms with Crippen LogP contribution in [0, 0.1) is 17.5 Å². The van der Waals surface area contributed by atoms with Crippen LogP contribution in [0.15, 0.2) is 36.4 Å². The molecule has 21 heavy (non-hydrogen) atoms. The number of hydrogen-bond acceptors (Lipinski definition) is 2.